The predicted octanol–water partition coefficient (Wildman–Crippen LogP) is 3.56. The SMILES string of the molecule is Cc1cc(C)cc(C(N=C2NS(=O)(=O)N=C2Nc2cccc(C(=O)N(C)C)c2O)C(C)(C)C)c1. The summed E-state index contributed by atoms with van der Waals surface area (Å²) in [7, 11) is -0.873. The van der Waals surface area contributed by atoms with Gasteiger partial charge in [-0.1, -0.05) is 56.2 Å². The number of hydrogen-bond donors (Lipinski definition) is 3. The summed E-state index contributed by atoms with van der Waals surface area (Å²) in [5.74, 6) is -0.739. The van der Waals surface area contributed by atoms with Crippen molar-refractivity contribution in [3.8, 4) is 5.75 Å². The van der Waals surface area contributed by atoms with Gasteiger partial charge in [0, 0.05) is 14.1 Å². The summed E-state index contributed by atoms with van der Waals surface area (Å²) in [4.78, 5) is 18.5. The van der Waals surface area contributed by atoms with Gasteiger partial charge in [0.15, 0.2) is 17.4 Å². The molecule has 182 valence electrons. The number of anilines is 1. The van der Waals surface area contributed by atoms with E-state index < -0.39 is 16.1 Å². The first-order valence-electron chi connectivity index (χ1n) is 10.8. The van der Waals surface area contributed by atoms with Gasteiger partial charge in [-0.15, -0.1) is 4.40 Å². The number of nitrogens with one attached hydrogen (secondary N) is 2. The number of amides is 1. The Kier molecular flexibility index (Phi) is 6.75. The molecule has 34 heavy (non-hydrogen) atoms. The molecule has 3 rings (SSSR count). The third-order valence-corrected chi connectivity index (χ3v) is 6.10. The fraction of sp³-hybridized carbons (Fsp3) is 0.375. The van der Waals surface area contributed by atoms with Crippen molar-refractivity contribution in [3.05, 3.63) is 58.7 Å². The lowest BCUT2D eigenvalue weighted by Crippen LogP contribution is -2.32. The molecular formula is C24H31N5O4S. The van der Waals surface area contributed by atoms with Crippen LogP contribution in [0.15, 0.2) is 45.8 Å². The van der Waals surface area contributed by atoms with E-state index in [4.69, 9.17) is 4.99 Å². The maximum Gasteiger partial charge on any atom is 0.345 e. The lowest BCUT2D eigenvalue weighted by molar-refractivity contribution is 0.0824. The number of amidine groups is 2. The fourth-order valence-electron chi connectivity index (χ4n) is 3.78. The summed E-state index contributed by atoms with van der Waals surface area (Å²) in [6.07, 6.45) is 0. The van der Waals surface area contributed by atoms with Gasteiger partial charge in [-0.05, 0) is 37.0 Å². The molecule has 1 unspecified atom stereocenters. The summed E-state index contributed by atoms with van der Waals surface area (Å²) >= 11 is 0. The van der Waals surface area contributed by atoms with E-state index in [-0.39, 0.29) is 40.1 Å². The van der Waals surface area contributed by atoms with Crippen molar-refractivity contribution in [2.75, 3.05) is 19.4 Å². The van der Waals surface area contributed by atoms with Crippen LogP contribution in [0.2, 0.25) is 0 Å². The lowest BCUT2D eigenvalue weighted by atomic mass is 9.82. The maximum atomic E-state index is 12.4. The van der Waals surface area contributed by atoms with Crippen LogP contribution in [0.3, 0.4) is 0 Å². The number of carbonyl (C=O) groups is 1. The second kappa shape index (κ2) is 9.09. The highest BCUT2D eigenvalue weighted by Gasteiger charge is 2.32. The Hall–Kier alpha value is -3.40. The van der Waals surface area contributed by atoms with E-state index in [0.29, 0.717) is 0 Å². The van der Waals surface area contributed by atoms with Crippen LogP contribution in [0.5, 0.6) is 5.75 Å². The zero-order valence-electron chi connectivity index (χ0n) is 20.5. The van der Waals surface area contributed by atoms with Crippen molar-refractivity contribution in [3.63, 3.8) is 0 Å². The van der Waals surface area contributed by atoms with E-state index in [9.17, 15) is 18.3 Å². The molecule has 2 aromatic carbocycles. The van der Waals surface area contributed by atoms with Gasteiger partial charge in [-0.3, -0.25) is 9.79 Å². The molecule has 0 bridgehead atoms. The van der Waals surface area contributed by atoms with Crippen LogP contribution in [0.25, 0.3) is 0 Å². The first-order chi connectivity index (χ1) is 15.7. The van der Waals surface area contributed by atoms with Crippen LogP contribution in [-0.4, -0.2) is 50.1 Å². The third kappa shape index (κ3) is 5.56. The number of carbonyl (C=O) groups excluding carboxylic acids is 1. The molecule has 0 fully saturated rings. The van der Waals surface area contributed by atoms with Crippen molar-refractivity contribution >= 4 is 33.5 Å². The molecule has 0 radical (unpaired) electrons. The Morgan fingerprint density at radius 2 is 1.76 bits per heavy atom. The molecule has 1 heterocycles. The molecular weight excluding hydrogens is 454 g/mol. The second-order valence-electron chi connectivity index (χ2n) is 9.71. The Balaban J connectivity index is 2.06. The van der Waals surface area contributed by atoms with Gasteiger partial charge >= 0.3 is 10.2 Å². The second-order valence-corrected chi connectivity index (χ2v) is 11.0. The minimum absolute atomic E-state index is 0.0304. The van der Waals surface area contributed by atoms with Crippen LogP contribution in [0.1, 0.15) is 53.9 Å². The number of hydrogen-bond acceptors (Lipinski definition) is 6. The molecule has 0 saturated heterocycles. The van der Waals surface area contributed by atoms with Gasteiger partial charge in [0.25, 0.3) is 5.91 Å². The smallest absolute Gasteiger partial charge is 0.345 e. The quantitative estimate of drug-likeness (QED) is 0.572. The number of aliphatic imine (C=N–C) groups is 1. The molecule has 1 atom stereocenters. The Morgan fingerprint density at radius 1 is 1.15 bits per heavy atom. The van der Waals surface area contributed by atoms with E-state index in [1.54, 1.807) is 20.2 Å². The van der Waals surface area contributed by atoms with E-state index >= 15 is 0 Å². The first kappa shape index (κ1) is 25.2. The Morgan fingerprint density at radius 3 is 2.32 bits per heavy atom. The molecule has 1 aliphatic heterocycles. The van der Waals surface area contributed by atoms with Crippen molar-refractivity contribution in [1.29, 1.82) is 0 Å². The van der Waals surface area contributed by atoms with Gasteiger partial charge in [0.1, 0.15) is 0 Å². The number of phenols is 1. The number of aryl methyl sites for hydroxylation is 2. The van der Waals surface area contributed by atoms with Crippen LogP contribution in [-0.2, 0) is 10.2 Å². The van der Waals surface area contributed by atoms with Gasteiger partial charge < -0.3 is 15.3 Å². The molecule has 0 aliphatic carbocycles. The van der Waals surface area contributed by atoms with Crippen LogP contribution >= 0.6 is 0 Å². The highest BCUT2D eigenvalue weighted by Crippen LogP contribution is 2.37. The zero-order chi connectivity index (χ0) is 25.4. The number of nitrogens with zero attached hydrogens (tertiary/aromatic N) is 3. The average Bonchev–Trinajstić information content (AvgIpc) is 2.98. The molecule has 0 aromatic heterocycles. The number of aromatic hydroxyl groups is 1. The highest BCUT2D eigenvalue weighted by atomic mass is 32.2. The van der Waals surface area contributed by atoms with Gasteiger partial charge in [-0.25, -0.2) is 4.72 Å². The van der Waals surface area contributed by atoms with Crippen LogP contribution in [0.4, 0.5) is 5.69 Å². The van der Waals surface area contributed by atoms with E-state index in [2.05, 4.69) is 20.5 Å². The molecule has 0 spiro atoms. The standard InChI is InChI=1S/C24H31N5O4S/c1-14-11-15(2)13-16(12-14)20(24(3,4)5)26-22-21(27-34(32,33)28-22)25-18-10-8-9-17(19(18)30)23(31)29(6)7/h8-13,20,30H,1-7H3,(H,25,27)(H,26,28). The lowest BCUT2D eigenvalue weighted by Gasteiger charge is -2.29. The minimum atomic E-state index is -4.02. The van der Waals surface area contributed by atoms with Gasteiger partial charge in [0.05, 0.1) is 17.3 Å². The average molecular weight is 486 g/mol. The molecule has 0 saturated carbocycles. The number of phenolic OH excluding ortho intramolecular Hbond substituents is 1. The number of benzene rings is 2. The van der Waals surface area contributed by atoms with E-state index in [0.717, 1.165) is 16.7 Å². The summed E-state index contributed by atoms with van der Waals surface area (Å²) in [6, 6.07) is 10.3. The molecule has 1 amide bonds. The molecule has 9 nitrogen and oxygen atoms in total. The molecule has 2 aromatic rings. The summed E-state index contributed by atoms with van der Waals surface area (Å²) in [5.41, 5.74) is 2.98. The number of para-hydroxylation sites is 1. The number of rotatable bonds is 4. The van der Waals surface area contributed by atoms with Crippen LogP contribution < -0.4 is 10.0 Å². The maximum absolute atomic E-state index is 12.4. The van der Waals surface area contributed by atoms with E-state index in [1.165, 1.54) is 17.0 Å². The zero-order valence-corrected chi connectivity index (χ0v) is 21.3. The van der Waals surface area contributed by atoms with E-state index in [1.807, 2.05) is 46.8 Å². The largest absolute Gasteiger partial charge is 0.505 e. The normalized spacial score (nSPS) is 17.1. The monoisotopic (exact) mass is 485 g/mol. The fourth-order valence-corrected chi connectivity index (χ4v) is 4.59. The molecule has 10 heteroatoms. The summed E-state index contributed by atoms with van der Waals surface area (Å²) in [5, 5.41) is 13.5. The molecule has 3 N–H and O–H groups in total. The van der Waals surface area contributed by atoms with Gasteiger partial charge in [0.2, 0.25) is 0 Å². The van der Waals surface area contributed by atoms with Crippen molar-refractivity contribution in [1.82, 2.24) is 9.62 Å². The predicted molar refractivity (Wildman–Crippen MR) is 135 cm³/mol. The summed E-state index contributed by atoms with van der Waals surface area (Å²) in [6.45, 7) is 10.1. The highest BCUT2D eigenvalue weighted by molar-refractivity contribution is 7.89. The topological polar surface area (TPSA) is 123 Å². The first-order valence-corrected chi connectivity index (χ1v) is 12.2. The summed E-state index contributed by atoms with van der Waals surface area (Å²) < 4.78 is 30.8. The van der Waals surface area contributed by atoms with Gasteiger partial charge in [-0.2, -0.15) is 8.42 Å². The Labute approximate surface area is 200 Å². The Bertz CT molecular complexity index is 1270. The molecule has 1 aliphatic rings. The van der Waals surface area contributed by atoms with Crippen molar-refractivity contribution in [2.24, 2.45) is 14.8 Å². The van der Waals surface area contributed by atoms with Crippen molar-refractivity contribution < 1.29 is 18.3 Å². The minimum Gasteiger partial charge on any atom is -0.505 e. The van der Waals surface area contributed by atoms with Crippen molar-refractivity contribution in [2.45, 2.75) is 40.7 Å². The third-order valence-electron chi connectivity index (χ3n) is 5.23. The van der Waals surface area contributed by atoms with Crippen LogP contribution in [0, 0.1) is 19.3 Å².